The fourth-order valence-electron chi connectivity index (χ4n) is 2.33. The molecule has 0 bridgehead atoms. The molecule has 0 fully saturated rings. The van der Waals surface area contributed by atoms with E-state index in [4.69, 9.17) is 5.73 Å². The maximum Gasteiger partial charge on any atom is 0.416 e. The van der Waals surface area contributed by atoms with Gasteiger partial charge in [-0.2, -0.15) is 13.2 Å². The number of rotatable bonds is 6. The number of alkyl halides is 3. The molecule has 2 aromatic carbocycles. The van der Waals surface area contributed by atoms with E-state index in [-0.39, 0.29) is 36.3 Å². The summed E-state index contributed by atoms with van der Waals surface area (Å²) in [4.78, 5) is 24.0. The summed E-state index contributed by atoms with van der Waals surface area (Å²) in [5.41, 5.74) is 6.47. The lowest BCUT2D eigenvalue weighted by molar-refractivity contribution is -0.137. The first kappa shape index (κ1) is 24.5. The zero-order valence-electron chi connectivity index (χ0n) is 15.9. The molecule has 2 amide bonds. The number of nitrogens with one attached hydrogen (secondary N) is 2. The number of nitrogens with two attached hydrogens (primary N) is 1. The molecule has 2 aromatic rings. The van der Waals surface area contributed by atoms with E-state index in [1.165, 1.54) is 0 Å². The molecule has 4 N–H and O–H groups in total. The summed E-state index contributed by atoms with van der Waals surface area (Å²) in [6, 6.07) is 10.2. The number of amides is 2. The van der Waals surface area contributed by atoms with E-state index in [1.54, 1.807) is 24.3 Å². The van der Waals surface area contributed by atoms with Gasteiger partial charge < -0.3 is 16.4 Å². The van der Waals surface area contributed by atoms with E-state index in [0.29, 0.717) is 5.69 Å². The van der Waals surface area contributed by atoms with Crippen molar-refractivity contribution in [1.29, 1.82) is 0 Å². The quantitative estimate of drug-likeness (QED) is 0.649. The van der Waals surface area contributed by atoms with Crippen LogP contribution < -0.4 is 16.4 Å². The Morgan fingerprint density at radius 3 is 2.03 bits per heavy atom. The van der Waals surface area contributed by atoms with Crippen LogP contribution in [0.3, 0.4) is 0 Å². The van der Waals surface area contributed by atoms with E-state index < -0.39 is 23.7 Å². The van der Waals surface area contributed by atoms with Gasteiger partial charge in [0, 0.05) is 17.8 Å². The first-order valence-corrected chi connectivity index (χ1v) is 8.69. The number of carbonyl (C=O) groups excluding carboxylic acids is 2. The first-order chi connectivity index (χ1) is 13.1. The van der Waals surface area contributed by atoms with Crippen molar-refractivity contribution in [2.75, 3.05) is 5.32 Å². The largest absolute Gasteiger partial charge is 0.416 e. The van der Waals surface area contributed by atoms with Gasteiger partial charge in [-0.15, -0.1) is 12.4 Å². The van der Waals surface area contributed by atoms with Crippen molar-refractivity contribution in [3.8, 4) is 0 Å². The Bertz CT molecular complexity index is 822. The number of hydrogen-bond donors (Lipinski definition) is 3. The molecular weight excluding hydrogens is 407 g/mol. The second-order valence-corrected chi connectivity index (χ2v) is 6.71. The highest BCUT2D eigenvalue weighted by atomic mass is 35.5. The Balaban J connectivity index is 0.00000420. The van der Waals surface area contributed by atoms with Gasteiger partial charge >= 0.3 is 6.18 Å². The summed E-state index contributed by atoms with van der Waals surface area (Å²) in [7, 11) is 0. The molecule has 0 aliphatic carbocycles. The molecule has 2 rings (SSSR count). The van der Waals surface area contributed by atoms with E-state index in [0.717, 1.165) is 29.8 Å². The van der Waals surface area contributed by atoms with Gasteiger partial charge in [0.25, 0.3) is 5.91 Å². The molecule has 0 saturated heterocycles. The van der Waals surface area contributed by atoms with Crippen molar-refractivity contribution in [1.82, 2.24) is 5.32 Å². The average molecular weight is 430 g/mol. The van der Waals surface area contributed by atoms with Crippen molar-refractivity contribution >= 4 is 29.9 Å². The summed E-state index contributed by atoms with van der Waals surface area (Å²) in [5, 5.41) is 5.35. The van der Waals surface area contributed by atoms with Crippen molar-refractivity contribution in [2.24, 2.45) is 11.7 Å². The lowest BCUT2D eigenvalue weighted by Gasteiger charge is -2.15. The average Bonchev–Trinajstić information content (AvgIpc) is 2.65. The highest BCUT2D eigenvalue weighted by Gasteiger charge is 2.30. The maximum atomic E-state index is 12.6. The fourth-order valence-corrected chi connectivity index (χ4v) is 2.33. The molecule has 0 spiro atoms. The third-order valence-electron chi connectivity index (χ3n) is 4.17. The minimum absolute atomic E-state index is 0. The Morgan fingerprint density at radius 2 is 1.55 bits per heavy atom. The van der Waals surface area contributed by atoms with Crippen LogP contribution in [0.15, 0.2) is 48.5 Å². The van der Waals surface area contributed by atoms with Gasteiger partial charge in [0.1, 0.15) is 0 Å². The summed E-state index contributed by atoms with van der Waals surface area (Å²) in [6.07, 6.45) is -4.44. The number of anilines is 1. The summed E-state index contributed by atoms with van der Waals surface area (Å²) < 4.78 is 37.7. The molecule has 0 radical (unpaired) electrons. The van der Waals surface area contributed by atoms with Crippen molar-refractivity contribution in [3.05, 3.63) is 65.2 Å². The zero-order valence-corrected chi connectivity index (χ0v) is 16.7. The van der Waals surface area contributed by atoms with Gasteiger partial charge in [-0.25, -0.2) is 0 Å². The molecule has 0 saturated carbocycles. The van der Waals surface area contributed by atoms with E-state index >= 15 is 0 Å². The Kier molecular flexibility index (Phi) is 8.66. The number of carbonyl (C=O) groups is 2. The number of benzene rings is 2. The predicted molar refractivity (Wildman–Crippen MR) is 108 cm³/mol. The topological polar surface area (TPSA) is 84.2 Å². The van der Waals surface area contributed by atoms with Crippen LogP contribution in [0.4, 0.5) is 18.9 Å². The monoisotopic (exact) mass is 429 g/mol. The van der Waals surface area contributed by atoms with Crippen LogP contribution in [0.5, 0.6) is 0 Å². The Labute approximate surface area is 173 Å². The molecule has 9 heteroatoms. The number of halogens is 4. The molecule has 0 aliphatic rings. The molecule has 0 unspecified atom stereocenters. The van der Waals surface area contributed by atoms with Crippen LogP contribution in [0, 0.1) is 5.92 Å². The second-order valence-electron chi connectivity index (χ2n) is 6.71. The third-order valence-corrected chi connectivity index (χ3v) is 4.17. The highest BCUT2D eigenvalue weighted by Crippen LogP contribution is 2.29. The molecule has 0 aromatic heterocycles. The maximum absolute atomic E-state index is 12.6. The molecule has 158 valence electrons. The Morgan fingerprint density at radius 1 is 1.00 bits per heavy atom. The fraction of sp³-hybridized carbons (Fsp3) is 0.300. The van der Waals surface area contributed by atoms with Gasteiger partial charge in [-0.3, -0.25) is 9.59 Å². The highest BCUT2D eigenvalue weighted by molar-refractivity contribution is 5.95. The van der Waals surface area contributed by atoms with Gasteiger partial charge in [0.15, 0.2) is 0 Å². The van der Waals surface area contributed by atoms with Gasteiger partial charge in [-0.05, 0) is 47.9 Å². The summed E-state index contributed by atoms with van der Waals surface area (Å²) >= 11 is 0. The molecule has 5 nitrogen and oxygen atoms in total. The van der Waals surface area contributed by atoms with Gasteiger partial charge in [0.2, 0.25) is 5.91 Å². The SMILES string of the molecule is CC(C)[C@H](N)C(=O)Nc1ccc(CNC(=O)c2ccc(C(F)(F)F)cc2)cc1.Cl. The predicted octanol–water partition coefficient (Wildman–Crippen LogP) is 3.98. The lowest BCUT2D eigenvalue weighted by Crippen LogP contribution is -2.39. The third kappa shape index (κ3) is 7.07. The zero-order chi connectivity index (χ0) is 20.9. The second kappa shape index (κ2) is 10.3. The summed E-state index contributed by atoms with van der Waals surface area (Å²) in [5.74, 6) is -0.743. The van der Waals surface area contributed by atoms with E-state index in [1.807, 2.05) is 13.8 Å². The molecule has 0 aliphatic heterocycles. The van der Waals surface area contributed by atoms with Gasteiger partial charge in [0.05, 0.1) is 11.6 Å². The smallest absolute Gasteiger partial charge is 0.348 e. The standard InChI is InChI=1S/C20H22F3N3O2.ClH/c1-12(2)17(24)19(28)26-16-9-3-13(4-10-16)11-25-18(27)14-5-7-15(8-6-14)20(21,22)23;/h3-10,12,17H,11,24H2,1-2H3,(H,25,27)(H,26,28);1H/t17-;/m0./s1. The van der Waals surface area contributed by atoms with Crippen molar-refractivity contribution < 1.29 is 22.8 Å². The molecule has 29 heavy (non-hydrogen) atoms. The lowest BCUT2D eigenvalue weighted by atomic mass is 10.0. The van der Waals surface area contributed by atoms with E-state index in [9.17, 15) is 22.8 Å². The molecule has 0 heterocycles. The summed E-state index contributed by atoms with van der Waals surface area (Å²) in [6.45, 7) is 3.90. The molecular formula is C20H23ClF3N3O2. The van der Waals surface area contributed by atoms with Crippen LogP contribution in [-0.4, -0.2) is 17.9 Å². The Hall–Kier alpha value is -2.58. The van der Waals surface area contributed by atoms with Crippen LogP contribution in [0.2, 0.25) is 0 Å². The minimum atomic E-state index is -4.44. The van der Waals surface area contributed by atoms with Crippen LogP contribution >= 0.6 is 12.4 Å². The van der Waals surface area contributed by atoms with Crippen LogP contribution in [0.1, 0.15) is 35.3 Å². The molecule has 1 atom stereocenters. The van der Waals surface area contributed by atoms with Crippen molar-refractivity contribution in [2.45, 2.75) is 32.6 Å². The van der Waals surface area contributed by atoms with E-state index in [2.05, 4.69) is 10.6 Å². The van der Waals surface area contributed by atoms with Gasteiger partial charge in [-0.1, -0.05) is 26.0 Å². The van der Waals surface area contributed by atoms with Crippen LogP contribution in [-0.2, 0) is 17.5 Å². The first-order valence-electron chi connectivity index (χ1n) is 8.69. The number of hydrogen-bond acceptors (Lipinski definition) is 3. The van der Waals surface area contributed by atoms with Crippen LogP contribution in [0.25, 0.3) is 0 Å². The minimum Gasteiger partial charge on any atom is -0.348 e. The van der Waals surface area contributed by atoms with Crippen molar-refractivity contribution in [3.63, 3.8) is 0 Å². The normalized spacial score (nSPS) is 12.1.